The molecule has 1 aromatic heterocycles. The van der Waals surface area contributed by atoms with Crippen molar-refractivity contribution in [1.29, 1.82) is 0 Å². The maximum atomic E-state index is 13.2. The maximum absolute atomic E-state index is 13.2. The van der Waals surface area contributed by atoms with Crippen molar-refractivity contribution in [2.75, 3.05) is 6.54 Å². The highest BCUT2D eigenvalue weighted by Crippen LogP contribution is 2.32. The fourth-order valence-electron chi connectivity index (χ4n) is 2.67. The van der Waals surface area contributed by atoms with E-state index < -0.39 is 53.6 Å². The largest absolute Gasteiger partial charge is 0.505 e. The summed E-state index contributed by atoms with van der Waals surface area (Å²) >= 11 is 0. The molecule has 3 N–H and O–H groups in total. The lowest BCUT2D eigenvalue weighted by Crippen LogP contribution is -2.37. The number of rotatable bonds is 7. The van der Waals surface area contributed by atoms with Crippen molar-refractivity contribution in [1.82, 2.24) is 15.1 Å². The van der Waals surface area contributed by atoms with Gasteiger partial charge in [0.15, 0.2) is 5.75 Å². The molecule has 0 saturated carbocycles. The van der Waals surface area contributed by atoms with Crippen molar-refractivity contribution in [3.05, 3.63) is 57.0 Å². The number of hydrogen-bond acceptors (Lipinski definition) is 5. The van der Waals surface area contributed by atoms with Gasteiger partial charge in [-0.3, -0.25) is 14.4 Å². The lowest BCUT2D eigenvalue weighted by Gasteiger charge is -2.15. The van der Waals surface area contributed by atoms with E-state index in [0.29, 0.717) is 11.1 Å². The molecule has 0 aliphatic carbocycles. The number of nitrogens with zero attached hydrogens (tertiary/aromatic N) is 2. The number of nitrogens with one attached hydrogen (secondary N) is 1. The fourth-order valence-corrected chi connectivity index (χ4v) is 2.67. The monoisotopic (exact) mass is 413 g/mol. The van der Waals surface area contributed by atoms with E-state index in [1.807, 2.05) is 5.32 Å². The van der Waals surface area contributed by atoms with Crippen LogP contribution in [-0.4, -0.2) is 38.4 Å². The molecule has 8 nitrogen and oxygen atoms in total. The van der Waals surface area contributed by atoms with E-state index in [2.05, 4.69) is 5.10 Å². The van der Waals surface area contributed by atoms with Crippen LogP contribution in [-0.2, 0) is 23.9 Å². The second-order valence-electron chi connectivity index (χ2n) is 6.11. The van der Waals surface area contributed by atoms with Crippen LogP contribution in [0.15, 0.2) is 29.1 Å². The first-order valence-corrected chi connectivity index (χ1v) is 8.54. The maximum Gasteiger partial charge on any atom is 0.416 e. The first-order valence-electron chi connectivity index (χ1n) is 8.54. The van der Waals surface area contributed by atoms with Crippen LogP contribution in [0.2, 0.25) is 0 Å². The van der Waals surface area contributed by atoms with Crippen molar-refractivity contribution in [2.45, 2.75) is 32.5 Å². The first kappa shape index (κ1) is 21.9. The van der Waals surface area contributed by atoms with Gasteiger partial charge in [0.25, 0.3) is 11.5 Å². The third-order valence-corrected chi connectivity index (χ3v) is 3.96. The Labute approximate surface area is 162 Å². The summed E-state index contributed by atoms with van der Waals surface area (Å²) in [5, 5.41) is 24.8. The van der Waals surface area contributed by atoms with Crippen molar-refractivity contribution in [3.8, 4) is 5.75 Å². The third-order valence-electron chi connectivity index (χ3n) is 3.96. The Hall–Kier alpha value is -3.37. The lowest BCUT2D eigenvalue weighted by atomic mass is 10.1. The Bertz CT molecular complexity index is 986. The highest BCUT2D eigenvalue weighted by molar-refractivity contribution is 5.98. The molecule has 1 aromatic carbocycles. The van der Waals surface area contributed by atoms with Crippen molar-refractivity contribution in [3.63, 3.8) is 0 Å². The second kappa shape index (κ2) is 8.76. The molecule has 11 heteroatoms. The number of aliphatic carboxylic acids is 1. The van der Waals surface area contributed by atoms with Crippen LogP contribution in [0.4, 0.5) is 13.2 Å². The number of carboxylic acid groups (broad SMARTS) is 1. The van der Waals surface area contributed by atoms with Gasteiger partial charge in [-0.05, 0) is 18.1 Å². The number of aromatic nitrogens is 2. The Kier molecular flexibility index (Phi) is 6.62. The Morgan fingerprint density at radius 2 is 1.90 bits per heavy atom. The number of benzene rings is 1. The number of alkyl halides is 3. The summed E-state index contributed by atoms with van der Waals surface area (Å²) in [5.41, 5.74) is -3.18. The van der Waals surface area contributed by atoms with Crippen LogP contribution in [0.1, 0.15) is 40.5 Å². The summed E-state index contributed by atoms with van der Waals surface area (Å²) in [6, 6.07) is 4.60. The zero-order valence-corrected chi connectivity index (χ0v) is 15.3. The lowest BCUT2D eigenvalue weighted by molar-refractivity contribution is -0.138. The van der Waals surface area contributed by atoms with E-state index in [1.165, 1.54) is 18.2 Å². The fraction of sp³-hybridized carbons (Fsp3) is 0.333. The smallest absolute Gasteiger partial charge is 0.416 e. The minimum Gasteiger partial charge on any atom is -0.505 e. The molecule has 0 radical (unpaired) electrons. The molecule has 0 atom stereocenters. The molecule has 1 heterocycles. The van der Waals surface area contributed by atoms with E-state index in [0.717, 1.165) is 6.07 Å². The van der Waals surface area contributed by atoms with Crippen molar-refractivity contribution >= 4 is 11.9 Å². The quantitative estimate of drug-likeness (QED) is 0.636. The van der Waals surface area contributed by atoms with E-state index in [9.17, 15) is 32.7 Å². The van der Waals surface area contributed by atoms with Crippen molar-refractivity contribution in [2.24, 2.45) is 0 Å². The zero-order chi connectivity index (χ0) is 21.8. The highest BCUT2D eigenvalue weighted by atomic mass is 19.4. The molecule has 2 aromatic rings. The molecule has 1 amide bonds. The van der Waals surface area contributed by atoms with Crippen LogP contribution in [0, 0.1) is 0 Å². The molecule has 156 valence electrons. The molecule has 0 unspecified atom stereocenters. The summed E-state index contributed by atoms with van der Waals surface area (Å²) in [6.45, 7) is 0.338. The topological polar surface area (TPSA) is 122 Å². The van der Waals surface area contributed by atoms with Gasteiger partial charge in [-0.15, -0.1) is 0 Å². The summed E-state index contributed by atoms with van der Waals surface area (Å²) in [7, 11) is 0. The van der Waals surface area contributed by atoms with E-state index in [-0.39, 0.29) is 17.7 Å². The minimum absolute atomic E-state index is 0.0583. The van der Waals surface area contributed by atoms with Crippen LogP contribution < -0.4 is 10.9 Å². The van der Waals surface area contributed by atoms with Crippen LogP contribution in [0.3, 0.4) is 0 Å². The summed E-state index contributed by atoms with van der Waals surface area (Å²) in [6.07, 6.45) is -4.05. The number of carbonyl (C=O) groups is 2. The summed E-state index contributed by atoms with van der Waals surface area (Å²) in [5.74, 6) is -3.26. The summed E-state index contributed by atoms with van der Waals surface area (Å²) < 4.78 is 40.4. The van der Waals surface area contributed by atoms with Crippen LogP contribution in [0.5, 0.6) is 5.75 Å². The van der Waals surface area contributed by atoms with E-state index >= 15 is 0 Å². The normalized spacial score (nSPS) is 11.3. The number of amides is 1. The Morgan fingerprint density at radius 3 is 2.48 bits per heavy atom. The molecule has 0 aliphatic heterocycles. The molecule has 29 heavy (non-hydrogen) atoms. The molecular weight excluding hydrogens is 395 g/mol. The number of carboxylic acids is 1. The zero-order valence-electron chi connectivity index (χ0n) is 15.3. The first-order chi connectivity index (χ1) is 13.6. The Morgan fingerprint density at radius 1 is 1.24 bits per heavy atom. The Balaban J connectivity index is 2.57. The number of carbonyl (C=O) groups excluding carboxylic acids is 1. The number of aromatic hydroxyl groups is 1. The van der Waals surface area contributed by atoms with Gasteiger partial charge >= 0.3 is 12.1 Å². The predicted octanol–water partition coefficient (Wildman–Crippen LogP) is 1.78. The van der Waals surface area contributed by atoms with Gasteiger partial charge in [-0.1, -0.05) is 31.5 Å². The standard InChI is InChI=1S/C18H18F3N3O5/c1-2-5-12-15(27)14(16(28)22-8-13(25)26)17(29)24(23-12)9-10-6-3-4-7-11(10)18(19,20)21/h3-4,6-7,27H,2,5,8-9H2,1H3,(H,22,28)(H,25,26). The van der Waals surface area contributed by atoms with Gasteiger partial charge in [-0.25, -0.2) is 4.68 Å². The van der Waals surface area contributed by atoms with Gasteiger partial charge in [0.1, 0.15) is 17.8 Å². The average molecular weight is 413 g/mol. The molecule has 0 aliphatic rings. The SMILES string of the molecule is CCCc1nn(Cc2ccccc2C(F)(F)F)c(=O)c(C(=O)NCC(=O)O)c1O. The minimum atomic E-state index is -4.66. The number of hydrogen-bond donors (Lipinski definition) is 3. The number of halogens is 3. The van der Waals surface area contributed by atoms with Gasteiger partial charge in [0.2, 0.25) is 0 Å². The van der Waals surface area contributed by atoms with Gasteiger partial charge < -0.3 is 15.5 Å². The second-order valence-corrected chi connectivity index (χ2v) is 6.11. The molecule has 2 rings (SSSR count). The van der Waals surface area contributed by atoms with Gasteiger partial charge in [-0.2, -0.15) is 18.3 Å². The molecule has 0 fully saturated rings. The number of aryl methyl sites for hydroxylation is 1. The van der Waals surface area contributed by atoms with Gasteiger partial charge in [0.05, 0.1) is 12.1 Å². The predicted molar refractivity (Wildman–Crippen MR) is 94.7 cm³/mol. The molecule has 0 spiro atoms. The van der Waals surface area contributed by atoms with Gasteiger partial charge in [0, 0.05) is 0 Å². The van der Waals surface area contributed by atoms with Crippen LogP contribution >= 0.6 is 0 Å². The van der Waals surface area contributed by atoms with Crippen LogP contribution in [0.25, 0.3) is 0 Å². The highest BCUT2D eigenvalue weighted by Gasteiger charge is 2.33. The van der Waals surface area contributed by atoms with E-state index in [1.54, 1.807) is 6.92 Å². The summed E-state index contributed by atoms with van der Waals surface area (Å²) in [4.78, 5) is 35.5. The average Bonchev–Trinajstić information content (AvgIpc) is 2.63. The van der Waals surface area contributed by atoms with Crippen molar-refractivity contribution < 1.29 is 33.0 Å². The molecule has 0 bridgehead atoms. The molecule has 0 saturated heterocycles. The third kappa shape index (κ3) is 5.12. The van der Waals surface area contributed by atoms with E-state index in [4.69, 9.17) is 5.11 Å². The molecular formula is C18H18F3N3O5.